The van der Waals surface area contributed by atoms with Crippen molar-refractivity contribution >= 4 is 0 Å². The molecule has 0 bridgehead atoms. The molecule has 0 N–H and O–H groups in total. The van der Waals surface area contributed by atoms with Gasteiger partial charge in [0.1, 0.15) is 5.75 Å². The minimum absolute atomic E-state index is 0.657. The lowest BCUT2D eigenvalue weighted by atomic mass is 10.1. The van der Waals surface area contributed by atoms with Crippen LogP contribution in [-0.2, 0) is 19.5 Å². The van der Waals surface area contributed by atoms with Crippen molar-refractivity contribution in [2.24, 2.45) is 0 Å². The van der Waals surface area contributed by atoms with E-state index in [1.54, 1.807) is 13.4 Å². The van der Waals surface area contributed by atoms with Gasteiger partial charge in [0.15, 0.2) is 11.6 Å². The number of ether oxygens (including phenoxy) is 1. The van der Waals surface area contributed by atoms with E-state index in [0.29, 0.717) is 11.6 Å². The van der Waals surface area contributed by atoms with E-state index in [-0.39, 0.29) is 0 Å². The molecule has 0 spiro atoms. The number of methoxy groups -OCH3 is 1. The standard InChI is InChI=1S/C19H19N3O2/c1-23-16-6-4-14(5-7-16)12-22-9-8-15-11-20-19(21-17(15)13-22)18-3-2-10-24-18/h2-7,10-11H,8-9,12-13H2,1H3. The Labute approximate surface area is 140 Å². The van der Waals surface area contributed by atoms with Crippen LogP contribution in [0, 0.1) is 0 Å². The van der Waals surface area contributed by atoms with Crippen LogP contribution in [0.15, 0.2) is 53.3 Å². The summed E-state index contributed by atoms with van der Waals surface area (Å²) in [5.74, 6) is 2.26. The van der Waals surface area contributed by atoms with E-state index in [9.17, 15) is 0 Å². The first-order chi connectivity index (χ1) is 11.8. The number of fused-ring (bicyclic) bond motifs is 1. The molecule has 3 aromatic rings. The molecule has 5 heteroatoms. The Morgan fingerprint density at radius 3 is 2.83 bits per heavy atom. The highest BCUT2D eigenvalue weighted by Gasteiger charge is 2.19. The van der Waals surface area contributed by atoms with Crippen LogP contribution in [-0.4, -0.2) is 28.5 Å². The Balaban J connectivity index is 1.50. The van der Waals surface area contributed by atoms with Crippen molar-refractivity contribution < 1.29 is 9.15 Å². The summed E-state index contributed by atoms with van der Waals surface area (Å²) >= 11 is 0. The van der Waals surface area contributed by atoms with Gasteiger partial charge in [0.05, 0.1) is 19.1 Å². The average molecular weight is 321 g/mol. The second-order valence-electron chi connectivity index (χ2n) is 5.95. The summed E-state index contributed by atoms with van der Waals surface area (Å²) in [5, 5.41) is 0. The van der Waals surface area contributed by atoms with Gasteiger partial charge < -0.3 is 9.15 Å². The van der Waals surface area contributed by atoms with Crippen LogP contribution in [0.2, 0.25) is 0 Å². The molecule has 4 rings (SSSR count). The second kappa shape index (κ2) is 6.45. The van der Waals surface area contributed by atoms with Crippen molar-refractivity contribution in [1.82, 2.24) is 14.9 Å². The summed E-state index contributed by atoms with van der Waals surface area (Å²) in [7, 11) is 1.69. The summed E-state index contributed by atoms with van der Waals surface area (Å²) in [6.45, 7) is 2.75. The first kappa shape index (κ1) is 14.9. The zero-order valence-electron chi connectivity index (χ0n) is 13.6. The van der Waals surface area contributed by atoms with E-state index in [1.807, 2.05) is 30.5 Å². The molecule has 3 heterocycles. The summed E-state index contributed by atoms with van der Waals surface area (Å²) in [6.07, 6.45) is 4.56. The Bertz CT molecular complexity index is 813. The molecule has 0 radical (unpaired) electrons. The van der Waals surface area contributed by atoms with E-state index >= 15 is 0 Å². The predicted octanol–water partition coefficient (Wildman–Crippen LogP) is 3.30. The lowest BCUT2D eigenvalue weighted by molar-refractivity contribution is 0.241. The Kier molecular flexibility index (Phi) is 4.01. The number of furan rings is 1. The molecule has 1 aromatic carbocycles. The first-order valence-electron chi connectivity index (χ1n) is 8.06. The SMILES string of the molecule is COc1ccc(CN2CCc3cnc(-c4ccco4)nc3C2)cc1. The molecule has 0 unspecified atom stereocenters. The normalized spacial score (nSPS) is 14.4. The van der Waals surface area contributed by atoms with Gasteiger partial charge in [0.2, 0.25) is 0 Å². The molecule has 0 aliphatic carbocycles. The maximum absolute atomic E-state index is 5.40. The summed E-state index contributed by atoms with van der Waals surface area (Å²) in [6, 6.07) is 12.0. The van der Waals surface area contributed by atoms with Crippen LogP contribution in [0.1, 0.15) is 16.8 Å². The Morgan fingerprint density at radius 2 is 2.08 bits per heavy atom. The summed E-state index contributed by atoms with van der Waals surface area (Å²) < 4.78 is 10.6. The van der Waals surface area contributed by atoms with Crippen molar-refractivity contribution in [2.45, 2.75) is 19.5 Å². The number of rotatable bonds is 4. The largest absolute Gasteiger partial charge is 0.497 e. The van der Waals surface area contributed by atoms with E-state index in [4.69, 9.17) is 14.1 Å². The fourth-order valence-corrected chi connectivity index (χ4v) is 3.01. The van der Waals surface area contributed by atoms with E-state index in [1.165, 1.54) is 11.1 Å². The van der Waals surface area contributed by atoms with Gasteiger partial charge in [-0.25, -0.2) is 9.97 Å². The van der Waals surface area contributed by atoms with Crippen molar-refractivity contribution in [3.8, 4) is 17.3 Å². The predicted molar refractivity (Wildman–Crippen MR) is 90.5 cm³/mol. The second-order valence-corrected chi connectivity index (χ2v) is 5.95. The molecule has 24 heavy (non-hydrogen) atoms. The van der Waals surface area contributed by atoms with Crippen molar-refractivity contribution in [2.75, 3.05) is 13.7 Å². The van der Waals surface area contributed by atoms with Crippen LogP contribution in [0.5, 0.6) is 5.75 Å². The highest BCUT2D eigenvalue weighted by atomic mass is 16.5. The monoisotopic (exact) mass is 321 g/mol. The van der Waals surface area contributed by atoms with E-state index in [0.717, 1.165) is 37.5 Å². The maximum Gasteiger partial charge on any atom is 0.195 e. The van der Waals surface area contributed by atoms with Crippen LogP contribution < -0.4 is 4.74 Å². The quantitative estimate of drug-likeness (QED) is 0.738. The van der Waals surface area contributed by atoms with Gasteiger partial charge in [-0.15, -0.1) is 0 Å². The fraction of sp³-hybridized carbons (Fsp3) is 0.263. The topological polar surface area (TPSA) is 51.4 Å². The number of hydrogen-bond donors (Lipinski definition) is 0. The third kappa shape index (κ3) is 3.03. The van der Waals surface area contributed by atoms with Crippen molar-refractivity contribution in [3.05, 3.63) is 65.7 Å². The summed E-state index contributed by atoms with van der Waals surface area (Å²) in [5.41, 5.74) is 3.60. The van der Waals surface area contributed by atoms with E-state index in [2.05, 4.69) is 22.0 Å². The third-order valence-corrected chi connectivity index (χ3v) is 4.33. The van der Waals surface area contributed by atoms with Gasteiger partial charge in [-0.3, -0.25) is 4.90 Å². The minimum atomic E-state index is 0.657. The number of benzene rings is 1. The van der Waals surface area contributed by atoms with Crippen LogP contribution in [0.25, 0.3) is 11.6 Å². The van der Waals surface area contributed by atoms with Gasteiger partial charge in [-0.1, -0.05) is 12.1 Å². The zero-order chi connectivity index (χ0) is 16.4. The van der Waals surface area contributed by atoms with Gasteiger partial charge in [0.25, 0.3) is 0 Å². The highest BCUT2D eigenvalue weighted by molar-refractivity contribution is 5.47. The molecule has 0 saturated heterocycles. The Morgan fingerprint density at radius 1 is 1.21 bits per heavy atom. The third-order valence-electron chi connectivity index (χ3n) is 4.33. The zero-order valence-corrected chi connectivity index (χ0v) is 13.6. The molecular weight excluding hydrogens is 302 g/mol. The number of nitrogens with zero attached hydrogens (tertiary/aromatic N) is 3. The highest BCUT2D eigenvalue weighted by Crippen LogP contribution is 2.22. The van der Waals surface area contributed by atoms with Gasteiger partial charge in [-0.2, -0.15) is 0 Å². The molecule has 2 aromatic heterocycles. The van der Waals surface area contributed by atoms with Crippen molar-refractivity contribution in [1.29, 1.82) is 0 Å². The van der Waals surface area contributed by atoms with Crippen LogP contribution >= 0.6 is 0 Å². The smallest absolute Gasteiger partial charge is 0.195 e. The van der Waals surface area contributed by atoms with Crippen molar-refractivity contribution in [3.63, 3.8) is 0 Å². The molecule has 0 amide bonds. The van der Waals surface area contributed by atoms with Crippen LogP contribution in [0.3, 0.4) is 0 Å². The summed E-state index contributed by atoms with van der Waals surface area (Å²) in [4.78, 5) is 11.5. The molecule has 122 valence electrons. The molecule has 0 atom stereocenters. The molecule has 5 nitrogen and oxygen atoms in total. The lowest BCUT2D eigenvalue weighted by Crippen LogP contribution is -2.31. The first-order valence-corrected chi connectivity index (χ1v) is 8.06. The van der Waals surface area contributed by atoms with Gasteiger partial charge >= 0.3 is 0 Å². The maximum atomic E-state index is 5.40. The molecule has 1 aliphatic heterocycles. The van der Waals surface area contributed by atoms with Gasteiger partial charge in [0, 0.05) is 25.8 Å². The number of aromatic nitrogens is 2. The molecule has 1 aliphatic rings. The van der Waals surface area contributed by atoms with Crippen LogP contribution in [0.4, 0.5) is 0 Å². The molecule has 0 saturated carbocycles. The lowest BCUT2D eigenvalue weighted by Gasteiger charge is -2.28. The fourth-order valence-electron chi connectivity index (χ4n) is 3.01. The Hall–Kier alpha value is -2.66. The van der Waals surface area contributed by atoms with E-state index < -0.39 is 0 Å². The minimum Gasteiger partial charge on any atom is -0.497 e. The average Bonchev–Trinajstić information content (AvgIpc) is 3.16. The number of hydrogen-bond acceptors (Lipinski definition) is 5. The van der Waals surface area contributed by atoms with Gasteiger partial charge in [-0.05, 0) is 41.8 Å². The molecular formula is C19H19N3O2. The molecule has 0 fully saturated rings.